The van der Waals surface area contributed by atoms with Crippen LogP contribution in [0.2, 0.25) is 0 Å². The minimum Gasteiger partial charge on any atom is -0.389 e. The van der Waals surface area contributed by atoms with Crippen molar-refractivity contribution in [3.05, 3.63) is 35.9 Å². The van der Waals surface area contributed by atoms with Gasteiger partial charge in [-0.1, -0.05) is 30.3 Å². The van der Waals surface area contributed by atoms with Gasteiger partial charge in [0.05, 0.1) is 5.60 Å². The minimum atomic E-state index is -0.886. The van der Waals surface area contributed by atoms with E-state index in [-0.39, 0.29) is 18.4 Å². The summed E-state index contributed by atoms with van der Waals surface area (Å²) in [7, 11) is 0. The van der Waals surface area contributed by atoms with Crippen molar-refractivity contribution in [3.8, 4) is 0 Å². The Kier molecular flexibility index (Phi) is 5.51. The van der Waals surface area contributed by atoms with Crippen molar-refractivity contribution in [2.45, 2.75) is 38.8 Å². The molecule has 4 nitrogen and oxygen atoms in total. The zero-order chi connectivity index (χ0) is 14.5. The molecule has 106 valence electrons. The Bertz CT molecular complexity index is 398. The fourth-order valence-corrected chi connectivity index (χ4v) is 1.98. The molecule has 0 aliphatic heterocycles. The third kappa shape index (κ3) is 5.41. The van der Waals surface area contributed by atoms with Crippen LogP contribution < -0.4 is 5.73 Å². The molecule has 19 heavy (non-hydrogen) atoms. The third-order valence-corrected chi connectivity index (χ3v) is 2.93. The lowest BCUT2D eigenvalue weighted by molar-refractivity contribution is -0.134. The van der Waals surface area contributed by atoms with Gasteiger partial charge in [0.15, 0.2) is 0 Å². The molecule has 1 aromatic rings. The Morgan fingerprint density at radius 1 is 1.37 bits per heavy atom. The van der Waals surface area contributed by atoms with Gasteiger partial charge in [-0.3, -0.25) is 4.79 Å². The zero-order valence-electron chi connectivity index (χ0n) is 12.0. The van der Waals surface area contributed by atoms with Crippen LogP contribution in [0.4, 0.5) is 0 Å². The molecule has 1 unspecified atom stereocenters. The molecule has 0 radical (unpaired) electrons. The summed E-state index contributed by atoms with van der Waals surface area (Å²) < 4.78 is 0. The molecule has 0 heterocycles. The van der Waals surface area contributed by atoms with Gasteiger partial charge in [-0.25, -0.2) is 0 Å². The number of rotatable bonds is 6. The molecule has 0 aromatic heterocycles. The van der Waals surface area contributed by atoms with Crippen LogP contribution in [-0.2, 0) is 4.79 Å². The summed E-state index contributed by atoms with van der Waals surface area (Å²) in [4.78, 5) is 13.8. The lowest BCUT2D eigenvalue weighted by atomic mass is 10.0. The number of likely N-dealkylation sites (N-methyl/N-ethyl adjacent to an activating group) is 1. The van der Waals surface area contributed by atoms with Crippen molar-refractivity contribution in [3.63, 3.8) is 0 Å². The van der Waals surface area contributed by atoms with Crippen LogP contribution in [0, 0.1) is 0 Å². The number of benzene rings is 1. The highest BCUT2D eigenvalue weighted by molar-refractivity contribution is 5.77. The van der Waals surface area contributed by atoms with Gasteiger partial charge in [0.1, 0.15) is 0 Å². The quantitative estimate of drug-likeness (QED) is 0.821. The molecule has 1 rings (SSSR count). The van der Waals surface area contributed by atoms with E-state index in [0.29, 0.717) is 13.1 Å². The van der Waals surface area contributed by atoms with Crippen LogP contribution in [-0.4, -0.2) is 34.6 Å². The fourth-order valence-electron chi connectivity index (χ4n) is 1.98. The van der Waals surface area contributed by atoms with E-state index in [0.717, 1.165) is 5.56 Å². The number of amides is 1. The number of hydrogen-bond acceptors (Lipinski definition) is 3. The van der Waals surface area contributed by atoms with Crippen molar-refractivity contribution in [1.82, 2.24) is 4.90 Å². The highest BCUT2D eigenvalue weighted by Gasteiger charge is 2.22. The molecular formula is C15H24N2O2. The standard InChI is InChI=1S/C15H24N2O2/c1-4-17(11-15(2,3)19)14(18)10-13(16)12-8-6-5-7-9-12/h5-9,13,19H,4,10-11,16H2,1-3H3. The van der Waals surface area contributed by atoms with E-state index in [1.807, 2.05) is 37.3 Å². The second-order valence-electron chi connectivity index (χ2n) is 5.44. The zero-order valence-corrected chi connectivity index (χ0v) is 12.0. The summed E-state index contributed by atoms with van der Waals surface area (Å²) >= 11 is 0. The summed E-state index contributed by atoms with van der Waals surface area (Å²) in [5.74, 6) is -0.0269. The number of nitrogens with zero attached hydrogens (tertiary/aromatic N) is 1. The second-order valence-corrected chi connectivity index (χ2v) is 5.44. The SMILES string of the molecule is CCN(CC(C)(C)O)C(=O)CC(N)c1ccccc1. The molecule has 0 aliphatic rings. The third-order valence-electron chi connectivity index (χ3n) is 2.93. The van der Waals surface area contributed by atoms with Crippen molar-refractivity contribution in [2.75, 3.05) is 13.1 Å². The maximum Gasteiger partial charge on any atom is 0.224 e. The number of carbonyl (C=O) groups excluding carboxylic acids is 1. The predicted molar refractivity (Wildman–Crippen MR) is 76.5 cm³/mol. The van der Waals surface area contributed by atoms with E-state index < -0.39 is 5.60 Å². The van der Waals surface area contributed by atoms with E-state index in [1.165, 1.54) is 0 Å². The summed E-state index contributed by atoms with van der Waals surface area (Å²) in [6, 6.07) is 9.28. The number of aliphatic hydroxyl groups is 1. The van der Waals surface area contributed by atoms with Gasteiger partial charge < -0.3 is 15.7 Å². The highest BCUT2D eigenvalue weighted by Crippen LogP contribution is 2.15. The molecule has 0 bridgehead atoms. The topological polar surface area (TPSA) is 66.6 Å². The Labute approximate surface area is 115 Å². The maximum atomic E-state index is 12.2. The molecule has 0 saturated heterocycles. The lowest BCUT2D eigenvalue weighted by Crippen LogP contribution is -2.42. The Morgan fingerprint density at radius 3 is 2.42 bits per heavy atom. The van der Waals surface area contributed by atoms with Crippen molar-refractivity contribution >= 4 is 5.91 Å². The number of nitrogens with two attached hydrogens (primary N) is 1. The lowest BCUT2D eigenvalue weighted by Gasteiger charge is -2.29. The van der Waals surface area contributed by atoms with Crippen LogP contribution in [0.3, 0.4) is 0 Å². The molecule has 4 heteroatoms. The molecule has 0 spiro atoms. The second kappa shape index (κ2) is 6.68. The summed E-state index contributed by atoms with van der Waals surface area (Å²) in [6.07, 6.45) is 0.258. The van der Waals surface area contributed by atoms with Crippen LogP contribution in [0.1, 0.15) is 38.8 Å². The monoisotopic (exact) mass is 264 g/mol. The molecule has 0 fully saturated rings. The fraction of sp³-hybridized carbons (Fsp3) is 0.533. The molecule has 1 aromatic carbocycles. The van der Waals surface area contributed by atoms with Gasteiger partial charge >= 0.3 is 0 Å². The molecule has 1 atom stereocenters. The maximum absolute atomic E-state index is 12.2. The number of carbonyl (C=O) groups is 1. The molecule has 0 aliphatic carbocycles. The molecule has 3 N–H and O–H groups in total. The summed E-state index contributed by atoms with van der Waals surface area (Å²) in [5, 5.41) is 9.79. The van der Waals surface area contributed by atoms with Gasteiger partial charge in [-0.05, 0) is 26.3 Å². The Hall–Kier alpha value is -1.39. The molecule has 1 amide bonds. The van der Waals surface area contributed by atoms with Crippen LogP contribution in [0.5, 0.6) is 0 Å². The Morgan fingerprint density at radius 2 is 1.95 bits per heavy atom. The summed E-state index contributed by atoms with van der Waals surface area (Å²) in [5.41, 5.74) is 6.11. The number of hydrogen-bond donors (Lipinski definition) is 2. The van der Waals surface area contributed by atoms with E-state index in [4.69, 9.17) is 5.73 Å². The van der Waals surface area contributed by atoms with E-state index in [1.54, 1.807) is 18.7 Å². The first-order valence-electron chi connectivity index (χ1n) is 6.64. The average Bonchev–Trinajstić information content (AvgIpc) is 2.35. The largest absolute Gasteiger partial charge is 0.389 e. The first-order valence-corrected chi connectivity index (χ1v) is 6.64. The van der Waals surface area contributed by atoms with E-state index in [9.17, 15) is 9.90 Å². The van der Waals surface area contributed by atoms with Gasteiger partial charge in [0, 0.05) is 25.6 Å². The molecular weight excluding hydrogens is 240 g/mol. The van der Waals surface area contributed by atoms with Crippen LogP contribution in [0.25, 0.3) is 0 Å². The van der Waals surface area contributed by atoms with Gasteiger partial charge in [-0.15, -0.1) is 0 Å². The van der Waals surface area contributed by atoms with Crippen molar-refractivity contribution in [2.24, 2.45) is 5.73 Å². The van der Waals surface area contributed by atoms with E-state index in [2.05, 4.69) is 0 Å². The Balaban J connectivity index is 2.62. The van der Waals surface area contributed by atoms with Crippen molar-refractivity contribution < 1.29 is 9.90 Å². The first kappa shape index (κ1) is 15.7. The van der Waals surface area contributed by atoms with Gasteiger partial charge in [0.2, 0.25) is 5.91 Å². The predicted octanol–water partition coefficient (Wildman–Crippen LogP) is 1.70. The minimum absolute atomic E-state index is 0.0269. The first-order chi connectivity index (χ1) is 8.83. The molecule has 0 saturated carbocycles. The normalized spacial score (nSPS) is 13.1. The van der Waals surface area contributed by atoms with Gasteiger partial charge in [0.25, 0.3) is 0 Å². The van der Waals surface area contributed by atoms with Crippen LogP contribution >= 0.6 is 0 Å². The van der Waals surface area contributed by atoms with E-state index >= 15 is 0 Å². The van der Waals surface area contributed by atoms with Gasteiger partial charge in [-0.2, -0.15) is 0 Å². The van der Waals surface area contributed by atoms with Crippen LogP contribution in [0.15, 0.2) is 30.3 Å². The summed E-state index contributed by atoms with van der Waals surface area (Å²) in [6.45, 7) is 6.19. The average molecular weight is 264 g/mol. The van der Waals surface area contributed by atoms with Crippen molar-refractivity contribution in [1.29, 1.82) is 0 Å². The highest BCUT2D eigenvalue weighted by atomic mass is 16.3. The smallest absolute Gasteiger partial charge is 0.224 e.